The molecule has 0 fully saturated rings. The van der Waals surface area contributed by atoms with Gasteiger partial charge in [-0.05, 0) is 12.8 Å². The van der Waals surface area contributed by atoms with Crippen LogP contribution in [-0.4, -0.2) is 18.5 Å². The minimum Gasteiger partial charge on any atom is -0.323 e. The van der Waals surface area contributed by atoms with E-state index in [0.29, 0.717) is 6.42 Å². The summed E-state index contributed by atoms with van der Waals surface area (Å²) in [5, 5.41) is 0. The molecule has 0 aliphatic carbocycles. The molecule has 0 radical (unpaired) electrons. The molecule has 0 spiro atoms. The molecule has 0 amide bonds. The maximum absolute atomic E-state index is 11.8. The van der Waals surface area contributed by atoms with E-state index in [-0.39, 0.29) is 18.8 Å². The summed E-state index contributed by atoms with van der Waals surface area (Å²) in [4.78, 5) is 0. The molecule has 72 valence electrons. The first-order valence-electron chi connectivity index (χ1n) is 3.33. The number of halogens is 3. The molecule has 4 N–H and O–H groups in total. The predicted octanol–water partition coefficient (Wildman–Crippen LogP) is 0.741. The van der Waals surface area contributed by atoms with Crippen LogP contribution < -0.4 is 11.5 Å². The third-order valence-electron chi connectivity index (χ3n) is 1.35. The van der Waals surface area contributed by atoms with E-state index >= 15 is 0 Å². The average molecular weight is 199 g/mol. The zero-order valence-corrected chi connectivity index (χ0v) is 7.36. The molecule has 2 atom stereocenters. The van der Waals surface area contributed by atoms with Crippen LogP contribution >= 0.6 is 12.4 Å². The normalized spacial score (nSPS) is 14.7. The monoisotopic (exact) mass is 198 g/mol. The summed E-state index contributed by atoms with van der Waals surface area (Å²) in [7, 11) is 0. The largest absolute Gasteiger partial charge is 0.323 e. The van der Waals surface area contributed by atoms with E-state index in [1.807, 2.05) is 0 Å². The van der Waals surface area contributed by atoms with E-state index < -0.39 is 18.5 Å². The van der Waals surface area contributed by atoms with Crippen LogP contribution in [0.25, 0.3) is 0 Å². The Morgan fingerprint density at radius 3 is 2.08 bits per heavy atom. The molecule has 0 aliphatic rings. The third-order valence-corrected chi connectivity index (χ3v) is 1.35. The second-order valence-corrected chi connectivity index (χ2v) is 2.35. The van der Waals surface area contributed by atoms with Crippen molar-refractivity contribution in [3.63, 3.8) is 0 Å². The van der Waals surface area contributed by atoms with Crippen molar-refractivity contribution in [1.82, 2.24) is 0 Å². The molecule has 0 heterocycles. The molecule has 0 aromatic carbocycles. The molecule has 0 rings (SSSR count). The second-order valence-electron chi connectivity index (χ2n) is 2.35. The van der Waals surface area contributed by atoms with Crippen molar-refractivity contribution >= 4 is 12.4 Å². The first kappa shape index (κ1) is 14.2. The summed E-state index contributed by atoms with van der Waals surface area (Å²) >= 11 is 0. The molecule has 0 aromatic rings. The van der Waals surface area contributed by atoms with Gasteiger partial charge in [-0.2, -0.15) is 0 Å². The van der Waals surface area contributed by atoms with Crippen molar-refractivity contribution < 1.29 is 8.78 Å². The Bertz CT molecular complexity index is 147. The highest BCUT2D eigenvalue weighted by atomic mass is 35.5. The second kappa shape index (κ2) is 7.29. The van der Waals surface area contributed by atoms with E-state index in [9.17, 15) is 8.78 Å². The van der Waals surface area contributed by atoms with Gasteiger partial charge in [0.2, 0.25) is 0 Å². The van der Waals surface area contributed by atoms with Gasteiger partial charge in [-0.1, -0.05) is 5.92 Å². The van der Waals surface area contributed by atoms with Gasteiger partial charge in [0.15, 0.2) is 0 Å². The summed E-state index contributed by atoms with van der Waals surface area (Å²) < 4.78 is 23.5. The minimum atomic E-state index is -2.49. The molecule has 0 aliphatic heterocycles. The van der Waals surface area contributed by atoms with Crippen LogP contribution in [0, 0.1) is 12.3 Å². The van der Waals surface area contributed by atoms with Crippen LogP contribution in [0.15, 0.2) is 0 Å². The quantitative estimate of drug-likeness (QED) is 0.655. The molecule has 2 unspecified atom stereocenters. The van der Waals surface area contributed by atoms with Crippen molar-refractivity contribution in [1.29, 1.82) is 0 Å². The highest BCUT2D eigenvalue weighted by molar-refractivity contribution is 5.85. The molecular formula is C7H13ClF2N2. The van der Waals surface area contributed by atoms with E-state index in [4.69, 9.17) is 17.9 Å². The zero-order valence-electron chi connectivity index (χ0n) is 6.54. The smallest absolute Gasteiger partial charge is 0.253 e. The fourth-order valence-corrected chi connectivity index (χ4v) is 0.581. The van der Waals surface area contributed by atoms with E-state index in [1.54, 1.807) is 0 Å². The number of alkyl halides is 2. The molecule has 0 bridgehead atoms. The molecule has 0 saturated heterocycles. The maximum atomic E-state index is 11.8. The van der Waals surface area contributed by atoms with E-state index in [0.717, 1.165) is 0 Å². The topological polar surface area (TPSA) is 52.0 Å². The Morgan fingerprint density at radius 2 is 1.75 bits per heavy atom. The highest BCUT2D eigenvalue weighted by Crippen LogP contribution is 2.05. The Kier molecular flexibility index (Phi) is 8.61. The van der Waals surface area contributed by atoms with Crippen molar-refractivity contribution in [3.8, 4) is 12.3 Å². The summed E-state index contributed by atoms with van der Waals surface area (Å²) in [6.07, 6.45) is 2.96. The van der Waals surface area contributed by atoms with Gasteiger partial charge < -0.3 is 11.5 Å². The van der Waals surface area contributed by atoms with Crippen LogP contribution in [0.3, 0.4) is 0 Å². The maximum Gasteiger partial charge on any atom is 0.253 e. The Labute approximate surface area is 77.1 Å². The summed E-state index contributed by atoms with van der Waals surface area (Å²) in [6, 6.07) is -1.56. The predicted molar refractivity (Wildman–Crippen MR) is 47.3 cm³/mol. The van der Waals surface area contributed by atoms with Gasteiger partial charge in [-0.3, -0.25) is 0 Å². The standard InChI is InChI=1S/C7H12F2N2.ClH/c1-2-5(10)3-4-6(11)7(8)9;/h1,5-7H,3-4,10-11H2;1H. The van der Waals surface area contributed by atoms with Crippen LogP contribution in [-0.2, 0) is 0 Å². The minimum absolute atomic E-state index is 0. The highest BCUT2D eigenvalue weighted by Gasteiger charge is 2.15. The number of hydrogen-bond acceptors (Lipinski definition) is 2. The van der Waals surface area contributed by atoms with Gasteiger partial charge in [0, 0.05) is 0 Å². The van der Waals surface area contributed by atoms with Gasteiger partial charge in [0.05, 0.1) is 12.1 Å². The van der Waals surface area contributed by atoms with Crippen LogP contribution in [0.1, 0.15) is 12.8 Å². The number of nitrogens with two attached hydrogens (primary N) is 2. The number of terminal acetylenes is 1. The lowest BCUT2D eigenvalue weighted by atomic mass is 10.1. The number of hydrogen-bond donors (Lipinski definition) is 2. The van der Waals surface area contributed by atoms with Crippen LogP contribution in [0.4, 0.5) is 8.78 Å². The fraction of sp³-hybridized carbons (Fsp3) is 0.714. The zero-order chi connectivity index (χ0) is 8.85. The lowest BCUT2D eigenvalue weighted by Gasteiger charge is -2.10. The molecule has 2 nitrogen and oxygen atoms in total. The fourth-order valence-electron chi connectivity index (χ4n) is 0.581. The van der Waals surface area contributed by atoms with Crippen molar-refractivity contribution in [3.05, 3.63) is 0 Å². The SMILES string of the molecule is C#CC(N)CCC(N)C(F)F.Cl. The molecular weight excluding hydrogens is 186 g/mol. The molecule has 0 saturated carbocycles. The van der Waals surface area contributed by atoms with Crippen LogP contribution in [0.5, 0.6) is 0 Å². The van der Waals surface area contributed by atoms with E-state index in [1.165, 1.54) is 0 Å². The van der Waals surface area contributed by atoms with Crippen molar-refractivity contribution in [2.75, 3.05) is 0 Å². The average Bonchev–Trinajstić information content (AvgIpc) is 1.99. The van der Waals surface area contributed by atoms with Gasteiger partial charge in [0.25, 0.3) is 6.43 Å². The lowest BCUT2D eigenvalue weighted by molar-refractivity contribution is 0.111. The van der Waals surface area contributed by atoms with Gasteiger partial charge in [0.1, 0.15) is 0 Å². The molecule has 5 heteroatoms. The first-order valence-corrected chi connectivity index (χ1v) is 3.33. The first-order chi connectivity index (χ1) is 5.07. The Balaban J connectivity index is 0. The number of rotatable bonds is 4. The molecule has 0 aromatic heterocycles. The van der Waals surface area contributed by atoms with Gasteiger partial charge in [-0.15, -0.1) is 18.8 Å². The summed E-state index contributed by atoms with van der Waals surface area (Å²) in [5.74, 6) is 2.24. The van der Waals surface area contributed by atoms with Crippen molar-refractivity contribution in [2.24, 2.45) is 11.5 Å². The van der Waals surface area contributed by atoms with Crippen LogP contribution in [0.2, 0.25) is 0 Å². The van der Waals surface area contributed by atoms with Gasteiger partial charge in [-0.25, -0.2) is 8.78 Å². The molecule has 12 heavy (non-hydrogen) atoms. The van der Waals surface area contributed by atoms with Crippen molar-refractivity contribution in [2.45, 2.75) is 31.4 Å². The van der Waals surface area contributed by atoms with Gasteiger partial charge >= 0.3 is 0 Å². The van der Waals surface area contributed by atoms with E-state index in [2.05, 4.69) is 5.92 Å². The summed E-state index contributed by atoms with van der Waals surface area (Å²) in [6.45, 7) is 0. The third kappa shape index (κ3) is 6.35. The summed E-state index contributed by atoms with van der Waals surface area (Å²) in [5.41, 5.74) is 10.3. The Morgan fingerprint density at radius 1 is 1.25 bits per heavy atom. The lowest BCUT2D eigenvalue weighted by Crippen LogP contribution is -2.31. The Hall–Kier alpha value is -0.370.